The third kappa shape index (κ3) is 5.85. The van der Waals surface area contributed by atoms with Gasteiger partial charge in [-0.25, -0.2) is 4.39 Å². The zero-order valence-corrected chi connectivity index (χ0v) is 20.5. The van der Waals surface area contributed by atoms with Gasteiger partial charge in [0.15, 0.2) is 0 Å². The Kier molecular flexibility index (Phi) is 8.35. The van der Waals surface area contributed by atoms with Gasteiger partial charge in [-0.1, -0.05) is 17.7 Å². The van der Waals surface area contributed by atoms with Crippen molar-refractivity contribution in [1.82, 2.24) is 14.9 Å². The Morgan fingerprint density at radius 2 is 2.06 bits per heavy atom. The van der Waals surface area contributed by atoms with E-state index in [1.807, 2.05) is 24.4 Å². The summed E-state index contributed by atoms with van der Waals surface area (Å²) in [6.45, 7) is 2.98. The molecule has 1 atom stereocenters. The summed E-state index contributed by atoms with van der Waals surface area (Å²) in [5, 5.41) is 11.2. The average molecular weight is 486 g/mol. The molecular formula is C27H33ClFN3O2. The lowest BCUT2D eigenvalue weighted by Crippen LogP contribution is -2.42. The number of hydrogen-bond acceptors (Lipinski definition) is 5. The van der Waals surface area contributed by atoms with Crippen LogP contribution in [0.15, 0.2) is 48.9 Å². The average Bonchev–Trinajstić information content (AvgIpc) is 2.88. The summed E-state index contributed by atoms with van der Waals surface area (Å²) < 4.78 is 20.9. The van der Waals surface area contributed by atoms with Crippen LogP contribution in [0.2, 0.25) is 5.02 Å². The van der Waals surface area contributed by atoms with Crippen LogP contribution < -0.4 is 4.74 Å². The number of benzene rings is 1. The molecule has 0 amide bonds. The van der Waals surface area contributed by atoms with Crippen LogP contribution in [0.25, 0.3) is 10.9 Å². The largest absolute Gasteiger partial charge is 0.497 e. The fraction of sp³-hybridized carbons (Fsp3) is 0.481. The molecule has 2 aromatic heterocycles. The molecular weight excluding hydrogens is 453 g/mol. The molecule has 0 saturated carbocycles. The van der Waals surface area contributed by atoms with Crippen molar-refractivity contribution in [3.63, 3.8) is 0 Å². The molecule has 7 heteroatoms. The molecule has 34 heavy (non-hydrogen) atoms. The Bertz CT molecular complexity index is 1070. The highest BCUT2D eigenvalue weighted by molar-refractivity contribution is 6.32. The van der Waals surface area contributed by atoms with E-state index >= 15 is 4.39 Å². The van der Waals surface area contributed by atoms with Crippen molar-refractivity contribution >= 4 is 22.5 Å². The number of rotatable bonds is 10. The lowest BCUT2D eigenvalue weighted by molar-refractivity contribution is 0.0300. The number of likely N-dealkylation sites (tertiary alicyclic amines) is 1. The van der Waals surface area contributed by atoms with Crippen LogP contribution in [0.5, 0.6) is 5.75 Å². The minimum absolute atomic E-state index is 0.0852. The smallest absolute Gasteiger partial charge is 0.127 e. The van der Waals surface area contributed by atoms with Crippen molar-refractivity contribution in [2.45, 2.75) is 44.7 Å². The second-order valence-corrected chi connectivity index (χ2v) is 9.78. The zero-order chi connectivity index (χ0) is 24.0. The summed E-state index contributed by atoms with van der Waals surface area (Å²) in [6, 6.07) is 9.51. The molecule has 1 aliphatic rings. The topological polar surface area (TPSA) is 58.5 Å². The van der Waals surface area contributed by atoms with Gasteiger partial charge in [-0.3, -0.25) is 9.97 Å². The van der Waals surface area contributed by atoms with Gasteiger partial charge in [-0.2, -0.15) is 0 Å². The number of hydrogen-bond donors (Lipinski definition) is 1. The first-order chi connectivity index (χ1) is 16.5. The predicted octanol–water partition coefficient (Wildman–Crippen LogP) is 5.79. The lowest BCUT2D eigenvalue weighted by Gasteiger charge is -2.41. The van der Waals surface area contributed by atoms with E-state index in [-0.39, 0.29) is 12.0 Å². The number of fused-ring (bicyclic) bond motifs is 1. The summed E-state index contributed by atoms with van der Waals surface area (Å²) in [4.78, 5) is 11.0. The van der Waals surface area contributed by atoms with Crippen LogP contribution in [-0.2, 0) is 6.42 Å². The predicted molar refractivity (Wildman–Crippen MR) is 134 cm³/mol. The molecule has 1 fully saturated rings. The van der Waals surface area contributed by atoms with Crippen LogP contribution >= 0.6 is 11.6 Å². The van der Waals surface area contributed by atoms with Gasteiger partial charge in [0.25, 0.3) is 0 Å². The van der Waals surface area contributed by atoms with Gasteiger partial charge in [0, 0.05) is 36.1 Å². The first kappa shape index (κ1) is 24.8. The second kappa shape index (κ2) is 11.4. The first-order valence-electron chi connectivity index (χ1n) is 12.0. The molecule has 4 rings (SSSR count). The maximum atomic E-state index is 15.6. The quantitative estimate of drug-likeness (QED) is 0.394. The molecule has 1 aliphatic heterocycles. The van der Waals surface area contributed by atoms with Gasteiger partial charge in [-0.15, -0.1) is 0 Å². The summed E-state index contributed by atoms with van der Waals surface area (Å²) in [7, 11) is 1.59. The van der Waals surface area contributed by atoms with E-state index in [4.69, 9.17) is 16.3 Å². The summed E-state index contributed by atoms with van der Waals surface area (Å²) in [5.74, 6) is 0.646. The maximum Gasteiger partial charge on any atom is 0.127 e. The maximum absolute atomic E-state index is 15.6. The monoisotopic (exact) mass is 485 g/mol. The summed E-state index contributed by atoms with van der Waals surface area (Å²) in [6.07, 6.45) is 8.81. The number of halogens is 2. The van der Waals surface area contributed by atoms with Gasteiger partial charge in [0.05, 0.1) is 17.6 Å². The number of aliphatic hydroxyl groups excluding tert-OH is 1. The Hall–Kier alpha value is -2.28. The van der Waals surface area contributed by atoms with Gasteiger partial charge in [0.1, 0.15) is 11.9 Å². The second-order valence-electron chi connectivity index (χ2n) is 9.37. The fourth-order valence-corrected chi connectivity index (χ4v) is 5.25. The Balaban J connectivity index is 1.34. The number of alkyl halides is 1. The summed E-state index contributed by atoms with van der Waals surface area (Å²) >= 11 is 6.39. The van der Waals surface area contributed by atoms with Crippen LogP contribution in [0.1, 0.15) is 49.4 Å². The molecule has 182 valence electrons. The third-order valence-corrected chi connectivity index (χ3v) is 7.53. The molecule has 3 aromatic rings. The SMILES string of the molecule is COc1ccc2ncc(Cl)c([C@@H](F)CCC3(CO)CCN(CCCc4cccnc4)CC3)c2c1. The number of aromatic nitrogens is 2. The zero-order valence-electron chi connectivity index (χ0n) is 19.7. The number of pyridine rings is 2. The Morgan fingerprint density at radius 1 is 1.24 bits per heavy atom. The minimum Gasteiger partial charge on any atom is -0.497 e. The van der Waals surface area contributed by atoms with E-state index in [0.717, 1.165) is 45.3 Å². The molecule has 0 aliphatic carbocycles. The molecule has 0 spiro atoms. The number of piperidine rings is 1. The number of nitrogens with zero attached hydrogens (tertiary/aromatic N) is 3. The van der Waals surface area contributed by atoms with Gasteiger partial charge in [-0.05, 0) is 93.4 Å². The van der Waals surface area contributed by atoms with E-state index in [1.54, 1.807) is 19.4 Å². The number of ether oxygens (including phenoxy) is 1. The number of methoxy groups -OCH3 is 1. The number of aliphatic hydroxyl groups is 1. The molecule has 0 radical (unpaired) electrons. The minimum atomic E-state index is -1.23. The molecule has 5 nitrogen and oxygen atoms in total. The standard InChI is InChI=1S/C27H33ClFN3O2/c1-34-21-6-7-25-22(16-21)26(23(28)18-31-25)24(29)8-9-27(19-33)10-14-32(15-11-27)13-3-5-20-4-2-12-30-17-20/h2,4,6-7,12,16-18,24,33H,3,5,8-11,13-15,19H2,1H3/t24-/m0/s1. The van der Waals surface area contributed by atoms with Crippen molar-refractivity contribution < 1.29 is 14.2 Å². The molecule has 1 aromatic carbocycles. The van der Waals surface area contributed by atoms with Crippen LogP contribution in [0, 0.1) is 5.41 Å². The molecule has 1 saturated heterocycles. The molecule has 3 heterocycles. The van der Waals surface area contributed by atoms with Crippen molar-refractivity contribution in [2.24, 2.45) is 5.41 Å². The van der Waals surface area contributed by atoms with E-state index in [9.17, 15) is 5.11 Å². The van der Waals surface area contributed by atoms with Crippen molar-refractivity contribution in [2.75, 3.05) is 33.4 Å². The van der Waals surface area contributed by atoms with Crippen molar-refractivity contribution in [3.8, 4) is 5.75 Å². The fourth-order valence-electron chi connectivity index (χ4n) is 4.98. The van der Waals surface area contributed by atoms with E-state index in [1.165, 1.54) is 11.8 Å². The van der Waals surface area contributed by atoms with Crippen LogP contribution in [0.4, 0.5) is 4.39 Å². The van der Waals surface area contributed by atoms with Gasteiger partial charge >= 0.3 is 0 Å². The van der Waals surface area contributed by atoms with Crippen molar-refractivity contribution in [3.05, 3.63) is 65.1 Å². The lowest BCUT2D eigenvalue weighted by atomic mass is 9.74. The highest BCUT2D eigenvalue weighted by Gasteiger charge is 2.35. The number of aryl methyl sites for hydroxylation is 1. The normalized spacial score (nSPS) is 17.1. The van der Waals surface area contributed by atoms with Crippen LogP contribution in [0.3, 0.4) is 0 Å². The van der Waals surface area contributed by atoms with Crippen molar-refractivity contribution in [1.29, 1.82) is 0 Å². The molecule has 0 unspecified atom stereocenters. The highest BCUT2D eigenvalue weighted by Crippen LogP contribution is 2.41. The highest BCUT2D eigenvalue weighted by atomic mass is 35.5. The van der Waals surface area contributed by atoms with E-state index in [2.05, 4.69) is 20.9 Å². The molecule has 1 N–H and O–H groups in total. The molecule has 0 bridgehead atoms. The Morgan fingerprint density at radius 3 is 2.76 bits per heavy atom. The Labute approximate surface area is 205 Å². The third-order valence-electron chi connectivity index (χ3n) is 7.22. The van der Waals surface area contributed by atoms with E-state index in [0.29, 0.717) is 40.1 Å². The van der Waals surface area contributed by atoms with Crippen LogP contribution in [-0.4, -0.2) is 53.3 Å². The van der Waals surface area contributed by atoms with E-state index < -0.39 is 6.17 Å². The summed E-state index contributed by atoms with van der Waals surface area (Å²) in [5.41, 5.74) is 2.18. The van der Waals surface area contributed by atoms with Gasteiger partial charge < -0.3 is 14.7 Å². The first-order valence-corrected chi connectivity index (χ1v) is 12.4. The van der Waals surface area contributed by atoms with Gasteiger partial charge in [0.2, 0.25) is 0 Å².